The third-order valence-electron chi connectivity index (χ3n) is 5.02. The molecule has 2 bridgehead atoms. The highest BCUT2D eigenvalue weighted by Gasteiger charge is 2.33. The van der Waals surface area contributed by atoms with Gasteiger partial charge in [-0.25, -0.2) is 0 Å². The summed E-state index contributed by atoms with van der Waals surface area (Å²) < 4.78 is 0. The van der Waals surface area contributed by atoms with Crippen LogP contribution in [0.4, 0.5) is 0 Å². The molecule has 1 aromatic carbocycles. The van der Waals surface area contributed by atoms with Gasteiger partial charge < -0.3 is 10.2 Å². The standard InChI is InChI=1S/C18H26N2O.ClH/c1-18(2,14-6-4-3-5-7-14)12-17(21)20-11-10-15-8-9-16(13-20)19-15;/h3-7,15-16,19H,8-13H2,1-2H3;1H. The zero-order valence-corrected chi connectivity index (χ0v) is 14.4. The van der Waals surface area contributed by atoms with Crippen molar-refractivity contribution >= 4 is 18.3 Å². The van der Waals surface area contributed by atoms with Crippen LogP contribution in [0.5, 0.6) is 0 Å². The number of benzene rings is 1. The number of fused-ring (bicyclic) bond motifs is 2. The molecule has 0 aromatic heterocycles. The molecule has 3 nitrogen and oxygen atoms in total. The van der Waals surface area contributed by atoms with E-state index in [1.54, 1.807) is 0 Å². The van der Waals surface area contributed by atoms with Crippen LogP contribution < -0.4 is 5.32 Å². The Morgan fingerprint density at radius 1 is 1.18 bits per heavy atom. The largest absolute Gasteiger partial charge is 0.341 e. The Morgan fingerprint density at radius 2 is 1.86 bits per heavy atom. The summed E-state index contributed by atoms with van der Waals surface area (Å²) in [5.74, 6) is 0.304. The van der Waals surface area contributed by atoms with E-state index >= 15 is 0 Å². The Balaban J connectivity index is 0.00000176. The zero-order chi connectivity index (χ0) is 14.9. The van der Waals surface area contributed by atoms with Crippen molar-refractivity contribution in [2.24, 2.45) is 0 Å². The molecule has 0 spiro atoms. The van der Waals surface area contributed by atoms with Gasteiger partial charge in [0, 0.05) is 31.6 Å². The van der Waals surface area contributed by atoms with Crippen LogP contribution in [-0.2, 0) is 10.2 Å². The van der Waals surface area contributed by atoms with Gasteiger partial charge in [0.05, 0.1) is 0 Å². The van der Waals surface area contributed by atoms with E-state index in [1.807, 2.05) is 6.07 Å². The number of nitrogens with zero attached hydrogens (tertiary/aromatic N) is 1. The van der Waals surface area contributed by atoms with Crippen LogP contribution in [0.3, 0.4) is 0 Å². The molecular weight excluding hydrogens is 296 g/mol. The van der Waals surface area contributed by atoms with Crippen molar-refractivity contribution in [3.8, 4) is 0 Å². The van der Waals surface area contributed by atoms with Crippen LogP contribution >= 0.6 is 12.4 Å². The molecule has 22 heavy (non-hydrogen) atoms. The predicted molar refractivity (Wildman–Crippen MR) is 92.5 cm³/mol. The maximum absolute atomic E-state index is 12.7. The number of amides is 1. The summed E-state index contributed by atoms with van der Waals surface area (Å²) in [5.41, 5.74) is 1.14. The molecule has 0 saturated carbocycles. The molecule has 2 atom stereocenters. The molecule has 122 valence electrons. The Hall–Kier alpha value is -1.06. The summed E-state index contributed by atoms with van der Waals surface area (Å²) in [5, 5.41) is 3.64. The molecule has 4 heteroatoms. The van der Waals surface area contributed by atoms with Crippen molar-refractivity contribution in [2.45, 2.75) is 57.0 Å². The number of carbonyl (C=O) groups excluding carboxylic acids is 1. The van der Waals surface area contributed by atoms with Gasteiger partial charge in [-0.05, 0) is 30.2 Å². The predicted octanol–water partition coefficient (Wildman–Crippen LogP) is 3.13. The first-order chi connectivity index (χ1) is 10.0. The molecular formula is C18H27ClN2O. The van der Waals surface area contributed by atoms with Gasteiger partial charge in [-0.15, -0.1) is 12.4 Å². The van der Waals surface area contributed by atoms with Gasteiger partial charge in [0.25, 0.3) is 0 Å². The summed E-state index contributed by atoms with van der Waals surface area (Å²) in [6.07, 6.45) is 4.20. The summed E-state index contributed by atoms with van der Waals surface area (Å²) in [6, 6.07) is 11.5. The van der Waals surface area contributed by atoms with Crippen LogP contribution in [0, 0.1) is 0 Å². The van der Waals surface area contributed by atoms with E-state index in [1.165, 1.54) is 18.4 Å². The second-order valence-electron chi connectivity index (χ2n) is 7.19. The van der Waals surface area contributed by atoms with Crippen LogP contribution in [0.2, 0.25) is 0 Å². The fourth-order valence-corrected chi connectivity index (χ4v) is 3.65. The summed E-state index contributed by atoms with van der Waals surface area (Å²) in [7, 11) is 0. The number of carbonyl (C=O) groups is 1. The molecule has 3 rings (SSSR count). The van der Waals surface area contributed by atoms with E-state index in [4.69, 9.17) is 0 Å². The third kappa shape index (κ3) is 3.82. The number of hydrogen-bond acceptors (Lipinski definition) is 2. The Kier molecular flexibility index (Phi) is 5.51. The first-order valence-electron chi connectivity index (χ1n) is 8.14. The summed E-state index contributed by atoms with van der Waals surface area (Å²) in [6.45, 7) is 6.14. The van der Waals surface area contributed by atoms with Gasteiger partial charge in [0.15, 0.2) is 0 Å². The fourth-order valence-electron chi connectivity index (χ4n) is 3.65. The number of hydrogen-bond donors (Lipinski definition) is 1. The normalized spacial score (nSPS) is 24.5. The summed E-state index contributed by atoms with van der Waals surface area (Å²) >= 11 is 0. The molecule has 2 aliphatic heterocycles. The zero-order valence-electron chi connectivity index (χ0n) is 13.5. The SMILES string of the molecule is CC(C)(CC(=O)N1CCC2CCC(C1)N2)c1ccccc1.Cl. The van der Waals surface area contributed by atoms with E-state index in [2.05, 4.69) is 48.3 Å². The quantitative estimate of drug-likeness (QED) is 0.927. The molecule has 0 radical (unpaired) electrons. The molecule has 2 heterocycles. The van der Waals surface area contributed by atoms with Crippen LogP contribution in [-0.4, -0.2) is 36.0 Å². The smallest absolute Gasteiger partial charge is 0.223 e. The average Bonchev–Trinajstić information content (AvgIpc) is 2.78. The fraction of sp³-hybridized carbons (Fsp3) is 0.611. The summed E-state index contributed by atoms with van der Waals surface area (Å²) in [4.78, 5) is 14.8. The van der Waals surface area contributed by atoms with Crippen LogP contribution in [0.25, 0.3) is 0 Å². The van der Waals surface area contributed by atoms with E-state index in [0.29, 0.717) is 24.4 Å². The Morgan fingerprint density at radius 3 is 2.59 bits per heavy atom. The van der Waals surface area contributed by atoms with Crippen molar-refractivity contribution in [1.82, 2.24) is 10.2 Å². The van der Waals surface area contributed by atoms with E-state index in [-0.39, 0.29) is 17.8 Å². The molecule has 1 amide bonds. The number of halogens is 1. The first-order valence-corrected chi connectivity index (χ1v) is 8.14. The second-order valence-corrected chi connectivity index (χ2v) is 7.19. The highest BCUT2D eigenvalue weighted by Crippen LogP contribution is 2.28. The van der Waals surface area contributed by atoms with Crippen molar-refractivity contribution < 1.29 is 4.79 Å². The van der Waals surface area contributed by atoms with E-state index < -0.39 is 0 Å². The van der Waals surface area contributed by atoms with Gasteiger partial charge in [-0.3, -0.25) is 4.79 Å². The number of likely N-dealkylation sites (tertiary alicyclic amines) is 1. The van der Waals surface area contributed by atoms with Gasteiger partial charge in [0.1, 0.15) is 0 Å². The maximum atomic E-state index is 12.7. The molecule has 1 aromatic rings. The minimum absolute atomic E-state index is 0. The topological polar surface area (TPSA) is 32.3 Å². The number of rotatable bonds is 3. The van der Waals surface area contributed by atoms with Gasteiger partial charge in [0.2, 0.25) is 5.91 Å². The van der Waals surface area contributed by atoms with Gasteiger partial charge in [-0.1, -0.05) is 44.2 Å². The molecule has 2 unspecified atom stereocenters. The maximum Gasteiger partial charge on any atom is 0.223 e. The van der Waals surface area contributed by atoms with Crippen LogP contribution in [0.15, 0.2) is 30.3 Å². The lowest BCUT2D eigenvalue weighted by molar-refractivity contribution is -0.132. The lowest BCUT2D eigenvalue weighted by Gasteiger charge is -2.30. The molecule has 1 N–H and O–H groups in total. The van der Waals surface area contributed by atoms with Crippen molar-refractivity contribution in [2.75, 3.05) is 13.1 Å². The van der Waals surface area contributed by atoms with Gasteiger partial charge >= 0.3 is 0 Å². The molecule has 2 fully saturated rings. The Labute approximate surface area is 139 Å². The Bertz CT molecular complexity index is 503. The number of nitrogens with one attached hydrogen (secondary N) is 1. The minimum Gasteiger partial charge on any atom is -0.341 e. The lowest BCUT2D eigenvalue weighted by atomic mass is 9.81. The average molecular weight is 323 g/mol. The highest BCUT2D eigenvalue weighted by atomic mass is 35.5. The lowest BCUT2D eigenvalue weighted by Crippen LogP contribution is -2.41. The van der Waals surface area contributed by atoms with Crippen molar-refractivity contribution in [3.05, 3.63) is 35.9 Å². The monoisotopic (exact) mass is 322 g/mol. The minimum atomic E-state index is -0.100. The second kappa shape index (κ2) is 7.01. The van der Waals surface area contributed by atoms with Crippen LogP contribution in [0.1, 0.15) is 45.1 Å². The molecule has 0 aliphatic carbocycles. The van der Waals surface area contributed by atoms with Crippen molar-refractivity contribution in [3.63, 3.8) is 0 Å². The first kappa shape index (κ1) is 17.3. The highest BCUT2D eigenvalue weighted by molar-refractivity contribution is 5.85. The molecule has 2 saturated heterocycles. The third-order valence-corrected chi connectivity index (χ3v) is 5.02. The van der Waals surface area contributed by atoms with Gasteiger partial charge in [-0.2, -0.15) is 0 Å². The van der Waals surface area contributed by atoms with E-state index in [9.17, 15) is 4.79 Å². The van der Waals surface area contributed by atoms with E-state index in [0.717, 1.165) is 19.5 Å². The van der Waals surface area contributed by atoms with Crippen molar-refractivity contribution in [1.29, 1.82) is 0 Å². The molecule has 2 aliphatic rings.